The van der Waals surface area contributed by atoms with E-state index in [0.717, 1.165) is 6.54 Å². The third kappa shape index (κ3) is 2.84. The second-order valence-corrected chi connectivity index (χ2v) is 5.78. The van der Waals surface area contributed by atoms with Crippen LogP contribution in [0.4, 0.5) is 5.82 Å². The molecule has 2 rings (SSSR count). The molecule has 1 saturated carbocycles. The molecule has 1 aromatic rings. The first-order chi connectivity index (χ1) is 8.06. The molecule has 0 atom stereocenters. The van der Waals surface area contributed by atoms with Crippen LogP contribution in [0.25, 0.3) is 0 Å². The van der Waals surface area contributed by atoms with Crippen LogP contribution < -0.4 is 5.32 Å². The zero-order valence-corrected chi connectivity index (χ0v) is 10.9. The SMILES string of the molecule is CSC1(CNc2ncc(C(=O)O)cc2Cl)CC1. The number of carbonyl (C=O) groups is 1. The molecule has 0 spiro atoms. The molecule has 1 heterocycles. The number of anilines is 1. The fourth-order valence-electron chi connectivity index (χ4n) is 1.52. The molecule has 1 fully saturated rings. The highest BCUT2D eigenvalue weighted by molar-refractivity contribution is 8.00. The van der Waals surface area contributed by atoms with E-state index in [2.05, 4.69) is 16.6 Å². The molecule has 1 aliphatic rings. The third-order valence-electron chi connectivity index (χ3n) is 2.91. The summed E-state index contributed by atoms with van der Waals surface area (Å²) >= 11 is 7.81. The van der Waals surface area contributed by atoms with Gasteiger partial charge in [0.1, 0.15) is 5.82 Å². The molecule has 0 bridgehead atoms. The van der Waals surface area contributed by atoms with Crippen molar-refractivity contribution in [2.45, 2.75) is 17.6 Å². The van der Waals surface area contributed by atoms with Crippen LogP contribution in [0.5, 0.6) is 0 Å². The van der Waals surface area contributed by atoms with Gasteiger partial charge in [-0.15, -0.1) is 0 Å². The number of nitrogens with zero attached hydrogens (tertiary/aromatic N) is 1. The molecule has 1 aliphatic carbocycles. The molecule has 4 nitrogen and oxygen atoms in total. The standard InChI is InChI=1S/C11H13ClN2O2S/c1-17-11(2-3-11)6-14-9-8(12)4-7(5-13-9)10(15)16/h4-5H,2-3,6H2,1H3,(H,13,14)(H,15,16). The number of hydrogen-bond donors (Lipinski definition) is 2. The van der Waals surface area contributed by atoms with Crippen LogP contribution in [0.15, 0.2) is 12.3 Å². The van der Waals surface area contributed by atoms with Crippen LogP contribution in [0.3, 0.4) is 0 Å². The smallest absolute Gasteiger partial charge is 0.337 e. The molecule has 0 radical (unpaired) electrons. The van der Waals surface area contributed by atoms with Crippen molar-refractivity contribution in [3.63, 3.8) is 0 Å². The maximum atomic E-state index is 10.7. The van der Waals surface area contributed by atoms with Crippen molar-refractivity contribution in [2.75, 3.05) is 18.1 Å². The summed E-state index contributed by atoms with van der Waals surface area (Å²) in [5, 5.41) is 12.3. The first kappa shape index (κ1) is 12.5. The molecule has 1 aromatic heterocycles. The van der Waals surface area contributed by atoms with E-state index in [0.29, 0.717) is 15.6 Å². The molecule has 0 aliphatic heterocycles. The summed E-state index contributed by atoms with van der Waals surface area (Å²) < 4.78 is 0.316. The van der Waals surface area contributed by atoms with E-state index in [4.69, 9.17) is 16.7 Å². The summed E-state index contributed by atoms with van der Waals surface area (Å²) in [6, 6.07) is 1.41. The van der Waals surface area contributed by atoms with Gasteiger partial charge < -0.3 is 10.4 Å². The molecular formula is C11H13ClN2O2S. The van der Waals surface area contributed by atoms with E-state index in [9.17, 15) is 4.79 Å². The Kier molecular flexibility index (Phi) is 3.49. The fraction of sp³-hybridized carbons (Fsp3) is 0.455. The van der Waals surface area contributed by atoms with E-state index >= 15 is 0 Å². The van der Waals surface area contributed by atoms with Gasteiger partial charge in [-0.3, -0.25) is 0 Å². The highest BCUT2D eigenvalue weighted by atomic mass is 35.5. The maximum Gasteiger partial charge on any atom is 0.337 e. The van der Waals surface area contributed by atoms with Crippen molar-refractivity contribution in [2.24, 2.45) is 0 Å². The number of rotatable bonds is 5. The second-order valence-electron chi connectivity index (χ2n) is 4.10. The topological polar surface area (TPSA) is 62.2 Å². The minimum atomic E-state index is -1.02. The summed E-state index contributed by atoms with van der Waals surface area (Å²) in [6.45, 7) is 0.813. The van der Waals surface area contributed by atoms with Gasteiger partial charge in [-0.1, -0.05) is 11.6 Å². The van der Waals surface area contributed by atoms with E-state index in [1.54, 1.807) is 0 Å². The largest absolute Gasteiger partial charge is 0.478 e. The normalized spacial score (nSPS) is 16.6. The zero-order valence-electron chi connectivity index (χ0n) is 9.36. The Labute approximate surface area is 109 Å². The molecule has 0 unspecified atom stereocenters. The Morgan fingerprint density at radius 3 is 2.88 bits per heavy atom. The summed E-state index contributed by atoms with van der Waals surface area (Å²) in [4.78, 5) is 14.7. The first-order valence-electron chi connectivity index (χ1n) is 5.24. The van der Waals surface area contributed by atoms with Crippen molar-refractivity contribution < 1.29 is 9.90 Å². The molecular weight excluding hydrogens is 260 g/mol. The molecule has 0 aromatic carbocycles. The average molecular weight is 273 g/mol. The van der Waals surface area contributed by atoms with Gasteiger partial charge in [0.25, 0.3) is 0 Å². The number of nitrogens with one attached hydrogen (secondary N) is 1. The zero-order chi connectivity index (χ0) is 12.5. The van der Waals surface area contributed by atoms with Crippen LogP contribution in [-0.4, -0.2) is 33.6 Å². The van der Waals surface area contributed by atoms with E-state index in [1.807, 2.05) is 11.8 Å². The Bertz CT molecular complexity index is 449. The lowest BCUT2D eigenvalue weighted by molar-refractivity contribution is 0.0696. The molecule has 17 heavy (non-hydrogen) atoms. The number of halogens is 1. The third-order valence-corrected chi connectivity index (χ3v) is 4.61. The van der Waals surface area contributed by atoms with Crippen LogP contribution in [0.2, 0.25) is 5.02 Å². The van der Waals surface area contributed by atoms with E-state index in [-0.39, 0.29) is 5.56 Å². The number of carboxylic acid groups (broad SMARTS) is 1. The number of aromatic nitrogens is 1. The number of aromatic carboxylic acids is 1. The lowest BCUT2D eigenvalue weighted by atomic mass is 10.3. The van der Waals surface area contributed by atoms with Crippen LogP contribution in [0.1, 0.15) is 23.2 Å². The van der Waals surface area contributed by atoms with Gasteiger partial charge in [-0.05, 0) is 25.2 Å². The van der Waals surface area contributed by atoms with Gasteiger partial charge in [0.15, 0.2) is 0 Å². The number of carboxylic acids is 1. The van der Waals surface area contributed by atoms with Crippen molar-refractivity contribution in [1.29, 1.82) is 0 Å². The fourth-order valence-corrected chi connectivity index (χ4v) is 2.48. The van der Waals surface area contributed by atoms with Gasteiger partial charge in [0, 0.05) is 17.5 Å². The van der Waals surface area contributed by atoms with Crippen molar-refractivity contribution >= 4 is 35.1 Å². The molecule has 0 amide bonds. The highest BCUT2D eigenvalue weighted by Gasteiger charge is 2.41. The number of thioether (sulfide) groups is 1. The lowest BCUT2D eigenvalue weighted by Crippen LogP contribution is -2.18. The van der Waals surface area contributed by atoms with Gasteiger partial charge in [-0.25, -0.2) is 9.78 Å². The molecule has 92 valence electrons. The minimum absolute atomic E-state index is 0.103. The average Bonchev–Trinajstić information content (AvgIpc) is 3.08. The summed E-state index contributed by atoms with van der Waals surface area (Å²) in [6.07, 6.45) is 5.81. The Morgan fingerprint density at radius 2 is 2.41 bits per heavy atom. The Morgan fingerprint density at radius 1 is 1.71 bits per heavy atom. The van der Waals surface area contributed by atoms with Crippen LogP contribution in [0, 0.1) is 0 Å². The van der Waals surface area contributed by atoms with Gasteiger partial charge in [0.2, 0.25) is 0 Å². The molecule has 0 saturated heterocycles. The summed E-state index contributed by atoms with van der Waals surface area (Å²) in [7, 11) is 0. The van der Waals surface area contributed by atoms with Crippen molar-refractivity contribution in [3.05, 3.63) is 22.8 Å². The number of pyridine rings is 1. The highest BCUT2D eigenvalue weighted by Crippen LogP contribution is 2.47. The van der Waals surface area contributed by atoms with Crippen molar-refractivity contribution in [3.8, 4) is 0 Å². The quantitative estimate of drug-likeness (QED) is 0.863. The predicted molar refractivity (Wildman–Crippen MR) is 70.2 cm³/mol. The predicted octanol–water partition coefficient (Wildman–Crippen LogP) is 2.74. The van der Waals surface area contributed by atoms with E-state index < -0.39 is 5.97 Å². The van der Waals surface area contributed by atoms with Crippen molar-refractivity contribution in [1.82, 2.24) is 4.98 Å². The van der Waals surface area contributed by atoms with Crippen LogP contribution in [-0.2, 0) is 0 Å². The number of hydrogen-bond acceptors (Lipinski definition) is 4. The first-order valence-corrected chi connectivity index (χ1v) is 6.84. The van der Waals surface area contributed by atoms with E-state index in [1.165, 1.54) is 25.1 Å². The Balaban J connectivity index is 2.04. The molecule has 2 N–H and O–H groups in total. The second kappa shape index (κ2) is 4.74. The maximum absolute atomic E-state index is 10.7. The van der Waals surface area contributed by atoms with Crippen LogP contribution >= 0.6 is 23.4 Å². The lowest BCUT2D eigenvalue weighted by Gasteiger charge is -2.14. The Hall–Kier alpha value is -0.940. The monoisotopic (exact) mass is 272 g/mol. The van der Waals surface area contributed by atoms with Gasteiger partial charge in [0.05, 0.1) is 10.6 Å². The van der Waals surface area contributed by atoms with Gasteiger partial charge in [-0.2, -0.15) is 11.8 Å². The minimum Gasteiger partial charge on any atom is -0.478 e. The summed E-state index contributed by atoms with van der Waals surface area (Å²) in [5.74, 6) is -0.467. The van der Waals surface area contributed by atoms with Gasteiger partial charge >= 0.3 is 5.97 Å². The summed E-state index contributed by atoms with van der Waals surface area (Å²) in [5.41, 5.74) is 0.103. The molecule has 6 heteroatoms.